The molecule has 2 heterocycles. The molecule has 8 heteroatoms. The first-order valence-electron chi connectivity index (χ1n) is 11.8. The van der Waals surface area contributed by atoms with Crippen LogP contribution in [0, 0.1) is 17.8 Å². The smallest absolute Gasteiger partial charge is 0.238 e. The quantitative estimate of drug-likeness (QED) is 0.320. The highest BCUT2D eigenvalue weighted by atomic mass is 16.4. The first-order chi connectivity index (χ1) is 16.9. The molecule has 1 aromatic carbocycles. The Hall–Kier alpha value is -3.04. The lowest BCUT2D eigenvalue weighted by molar-refractivity contribution is -0.123. The molecular weight excluding hydrogens is 450 g/mol. The number of hydrogen-bond donors (Lipinski definition) is 4. The number of carbonyl (C=O) groups is 2. The standard InChI is InChI=1S/C27H31NO7/c1-16(11-19-8-9-20(14-30)35-19)7-10-23(32)24-17(13-29)12-21-25(22(24)15-31)27(34)28(26(21)33)18-5-3-2-4-6-18/h2-6,8-9,11,21-23,25,29-32H,7,10,12-15H2,1H3/b16-11+/t21-,22+,23-,25-/m1/s1. The summed E-state index contributed by atoms with van der Waals surface area (Å²) < 4.78 is 5.47. The predicted molar refractivity (Wildman–Crippen MR) is 129 cm³/mol. The van der Waals surface area contributed by atoms with Gasteiger partial charge < -0.3 is 24.8 Å². The number of amides is 2. The fourth-order valence-electron chi connectivity index (χ4n) is 5.33. The van der Waals surface area contributed by atoms with Gasteiger partial charge >= 0.3 is 0 Å². The number of imide groups is 1. The lowest BCUT2D eigenvalue weighted by Gasteiger charge is -2.36. The van der Waals surface area contributed by atoms with E-state index in [0.29, 0.717) is 41.2 Å². The van der Waals surface area contributed by atoms with Crippen LogP contribution in [0.2, 0.25) is 0 Å². The van der Waals surface area contributed by atoms with Gasteiger partial charge in [-0.1, -0.05) is 23.8 Å². The monoisotopic (exact) mass is 481 g/mol. The van der Waals surface area contributed by atoms with Gasteiger partial charge in [0.15, 0.2) is 0 Å². The lowest BCUT2D eigenvalue weighted by Crippen LogP contribution is -2.39. The number of furan rings is 1. The van der Waals surface area contributed by atoms with Crippen molar-refractivity contribution in [2.45, 2.75) is 38.9 Å². The van der Waals surface area contributed by atoms with Crippen molar-refractivity contribution in [3.05, 3.63) is 70.7 Å². The molecule has 0 bridgehead atoms. The van der Waals surface area contributed by atoms with Gasteiger partial charge in [-0.15, -0.1) is 0 Å². The van der Waals surface area contributed by atoms with E-state index in [1.165, 1.54) is 4.90 Å². The summed E-state index contributed by atoms with van der Waals surface area (Å²) >= 11 is 0. The molecule has 1 fully saturated rings. The van der Waals surface area contributed by atoms with Crippen LogP contribution in [-0.2, 0) is 16.2 Å². The highest BCUT2D eigenvalue weighted by Gasteiger charge is 2.55. The molecule has 0 saturated carbocycles. The molecule has 0 spiro atoms. The van der Waals surface area contributed by atoms with Gasteiger partial charge in [-0.2, -0.15) is 0 Å². The van der Waals surface area contributed by atoms with Crippen molar-refractivity contribution in [3.63, 3.8) is 0 Å². The fourth-order valence-corrected chi connectivity index (χ4v) is 5.33. The summed E-state index contributed by atoms with van der Waals surface area (Å²) in [5.41, 5.74) is 2.38. The Balaban J connectivity index is 1.55. The van der Waals surface area contributed by atoms with E-state index in [1.807, 2.05) is 13.0 Å². The van der Waals surface area contributed by atoms with E-state index in [-0.39, 0.29) is 31.4 Å². The molecule has 8 nitrogen and oxygen atoms in total. The van der Waals surface area contributed by atoms with Gasteiger partial charge in [0, 0.05) is 5.92 Å². The van der Waals surface area contributed by atoms with Crippen molar-refractivity contribution in [3.8, 4) is 0 Å². The molecule has 0 unspecified atom stereocenters. The summed E-state index contributed by atoms with van der Waals surface area (Å²) in [6.45, 7) is 0.942. The van der Waals surface area contributed by atoms with Crippen LogP contribution in [0.1, 0.15) is 37.7 Å². The van der Waals surface area contributed by atoms with E-state index in [1.54, 1.807) is 42.5 Å². The third-order valence-electron chi connectivity index (χ3n) is 6.98. The zero-order valence-corrected chi connectivity index (χ0v) is 19.6. The van der Waals surface area contributed by atoms with E-state index in [4.69, 9.17) is 9.52 Å². The Morgan fingerprint density at radius 3 is 2.46 bits per heavy atom. The number of aliphatic hydroxyl groups excluding tert-OH is 4. The van der Waals surface area contributed by atoms with Gasteiger partial charge in [0.25, 0.3) is 0 Å². The maximum atomic E-state index is 13.4. The first-order valence-corrected chi connectivity index (χ1v) is 11.8. The molecule has 1 aliphatic carbocycles. The zero-order chi connectivity index (χ0) is 25.1. The number of aliphatic hydroxyl groups is 4. The van der Waals surface area contributed by atoms with Gasteiger partial charge in [0.2, 0.25) is 11.8 Å². The average molecular weight is 482 g/mol. The molecule has 2 aliphatic rings. The molecule has 4 atom stereocenters. The molecule has 35 heavy (non-hydrogen) atoms. The number of fused-ring (bicyclic) bond motifs is 1. The first kappa shape index (κ1) is 25.1. The van der Waals surface area contributed by atoms with Crippen LogP contribution in [0.4, 0.5) is 5.69 Å². The Bertz CT molecular complexity index is 1130. The molecule has 2 aromatic rings. The number of carbonyl (C=O) groups excluding carboxylic acids is 2. The molecule has 2 amide bonds. The maximum absolute atomic E-state index is 13.4. The fraction of sp³-hybridized carbons (Fsp3) is 0.407. The van der Waals surface area contributed by atoms with Gasteiger partial charge in [-0.05, 0) is 67.7 Å². The van der Waals surface area contributed by atoms with E-state index in [9.17, 15) is 24.9 Å². The number of benzene rings is 1. The Morgan fingerprint density at radius 2 is 1.83 bits per heavy atom. The average Bonchev–Trinajstić information content (AvgIpc) is 3.43. The van der Waals surface area contributed by atoms with Crippen molar-refractivity contribution in [2.75, 3.05) is 18.1 Å². The van der Waals surface area contributed by atoms with Crippen LogP contribution >= 0.6 is 0 Å². The molecule has 186 valence electrons. The molecule has 1 aliphatic heterocycles. The van der Waals surface area contributed by atoms with Crippen molar-refractivity contribution in [2.24, 2.45) is 17.8 Å². The Kier molecular flexibility index (Phi) is 7.66. The normalized spacial score (nSPS) is 23.7. The summed E-state index contributed by atoms with van der Waals surface area (Å²) in [5.74, 6) is -1.89. The van der Waals surface area contributed by atoms with E-state index >= 15 is 0 Å². The minimum Gasteiger partial charge on any atom is -0.459 e. The summed E-state index contributed by atoms with van der Waals surface area (Å²) in [5, 5.41) is 40.6. The van der Waals surface area contributed by atoms with Gasteiger partial charge in [0.1, 0.15) is 18.1 Å². The number of para-hydroxylation sites is 1. The molecule has 4 rings (SSSR count). The largest absolute Gasteiger partial charge is 0.459 e. The summed E-state index contributed by atoms with van der Waals surface area (Å²) in [6.07, 6.45) is 1.83. The predicted octanol–water partition coefficient (Wildman–Crippen LogP) is 2.42. The van der Waals surface area contributed by atoms with Crippen molar-refractivity contribution in [1.82, 2.24) is 0 Å². The summed E-state index contributed by atoms with van der Waals surface area (Å²) in [7, 11) is 0. The second-order valence-electron chi connectivity index (χ2n) is 9.20. The topological polar surface area (TPSA) is 131 Å². The number of anilines is 1. The highest BCUT2D eigenvalue weighted by molar-refractivity contribution is 6.22. The lowest BCUT2D eigenvalue weighted by atomic mass is 9.68. The van der Waals surface area contributed by atoms with Crippen molar-refractivity contribution in [1.29, 1.82) is 0 Å². The minimum atomic E-state index is -0.989. The van der Waals surface area contributed by atoms with Crippen LogP contribution in [0.3, 0.4) is 0 Å². The molecule has 1 saturated heterocycles. The van der Waals surface area contributed by atoms with Crippen LogP contribution in [0.5, 0.6) is 0 Å². The van der Waals surface area contributed by atoms with Crippen LogP contribution in [0.25, 0.3) is 6.08 Å². The van der Waals surface area contributed by atoms with Crippen molar-refractivity contribution >= 4 is 23.6 Å². The van der Waals surface area contributed by atoms with Gasteiger partial charge in [0.05, 0.1) is 36.8 Å². The third-order valence-corrected chi connectivity index (χ3v) is 6.98. The molecular formula is C27H31NO7. The highest BCUT2D eigenvalue weighted by Crippen LogP contribution is 2.47. The van der Waals surface area contributed by atoms with Gasteiger partial charge in [-0.25, -0.2) is 0 Å². The summed E-state index contributed by atoms with van der Waals surface area (Å²) in [6, 6.07) is 12.1. The van der Waals surface area contributed by atoms with Crippen LogP contribution in [0.15, 0.2) is 63.6 Å². The van der Waals surface area contributed by atoms with Gasteiger partial charge in [-0.3, -0.25) is 14.5 Å². The summed E-state index contributed by atoms with van der Waals surface area (Å²) in [4.78, 5) is 27.7. The maximum Gasteiger partial charge on any atom is 0.238 e. The number of allylic oxidation sites excluding steroid dienone is 1. The van der Waals surface area contributed by atoms with E-state index < -0.39 is 30.5 Å². The number of rotatable bonds is 9. The third kappa shape index (κ3) is 4.88. The molecule has 4 N–H and O–H groups in total. The molecule has 1 aromatic heterocycles. The number of hydrogen-bond acceptors (Lipinski definition) is 7. The van der Waals surface area contributed by atoms with Crippen LogP contribution in [-0.4, -0.2) is 51.6 Å². The Labute approximate surface area is 203 Å². The van der Waals surface area contributed by atoms with Crippen LogP contribution < -0.4 is 4.90 Å². The zero-order valence-electron chi connectivity index (χ0n) is 19.6. The second-order valence-corrected chi connectivity index (χ2v) is 9.20. The second kappa shape index (κ2) is 10.7. The number of nitrogens with zero attached hydrogens (tertiary/aromatic N) is 1. The van der Waals surface area contributed by atoms with Crippen molar-refractivity contribution < 1.29 is 34.4 Å². The Morgan fingerprint density at radius 1 is 1.09 bits per heavy atom. The van der Waals surface area contributed by atoms with E-state index in [2.05, 4.69) is 0 Å². The molecule has 0 radical (unpaired) electrons. The minimum absolute atomic E-state index is 0.170. The SMILES string of the molecule is C/C(=C\c1ccc(CO)o1)CC[C@@H](O)C1=C(CO)C[C@H]2C(=O)N(c3ccccc3)C(=O)[C@H]2[C@H]1CO. The van der Waals surface area contributed by atoms with E-state index in [0.717, 1.165) is 5.57 Å².